The number of anilines is 1. The number of benzene rings is 2. The molecular weight excluding hydrogens is 499 g/mol. The van der Waals surface area contributed by atoms with Crippen molar-refractivity contribution in [3.8, 4) is 23.3 Å². The fraction of sp³-hybridized carbons (Fsp3) is 0.357. The first kappa shape index (κ1) is 26.9. The molecule has 0 fully saturated rings. The third-order valence-electron chi connectivity index (χ3n) is 6.83. The molecule has 0 saturated heterocycles. The Balaban J connectivity index is 2.03. The molecular formula is C28H28F3N3O4. The summed E-state index contributed by atoms with van der Waals surface area (Å²) in [6.45, 7) is 3.82. The number of rotatable bonds is 5. The Morgan fingerprint density at radius 2 is 1.68 bits per heavy atom. The van der Waals surface area contributed by atoms with Gasteiger partial charge < -0.3 is 19.9 Å². The number of halogens is 3. The van der Waals surface area contributed by atoms with Crippen molar-refractivity contribution in [2.45, 2.75) is 38.8 Å². The molecule has 7 nitrogen and oxygen atoms in total. The average molecular weight is 528 g/mol. The van der Waals surface area contributed by atoms with Gasteiger partial charge in [0.2, 0.25) is 5.75 Å². The van der Waals surface area contributed by atoms with Gasteiger partial charge in [-0.3, -0.25) is 9.69 Å². The van der Waals surface area contributed by atoms with Crippen molar-refractivity contribution >= 4 is 11.5 Å². The van der Waals surface area contributed by atoms with E-state index < -0.39 is 23.1 Å². The van der Waals surface area contributed by atoms with E-state index in [1.807, 2.05) is 13.8 Å². The molecule has 4 rings (SSSR count). The number of nitriles is 1. The highest BCUT2D eigenvalue weighted by molar-refractivity contribution is 6.01. The highest BCUT2D eigenvalue weighted by Crippen LogP contribution is 2.52. The molecule has 1 aliphatic heterocycles. The summed E-state index contributed by atoms with van der Waals surface area (Å²) in [5.41, 5.74) is 6.63. The van der Waals surface area contributed by atoms with Crippen molar-refractivity contribution < 1.29 is 32.2 Å². The molecule has 0 saturated carbocycles. The SMILES string of the molecule is COc1cc([C@@H]2C(C#N)=C(N)N(c3cccc(C(F)(F)F)c3)C3=C2C(=O)CC(C)(C)C3)cc(OC)c1OC. The lowest BCUT2D eigenvalue weighted by molar-refractivity contribution is -0.137. The van der Waals surface area contributed by atoms with Gasteiger partial charge in [0.25, 0.3) is 0 Å². The minimum atomic E-state index is -4.58. The van der Waals surface area contributed by atoms with E-state index >= 15 is 0 Å². The lowest BCUT2D eigenvalue weighted by Gasteiger charge is -2.44. The lowest BCUT2D eigenvalue weighted by atomic mass is 9.68. The normalized spacial score (nSPS) is 19.2. The third-order valence-corrected chi connectivity index (χ3v) is 6.83. The van der Waals surface area contributed by atoms with E-state index in [1.165, 1.54) is 38.4 Å². The summed E-state index contributed by atoms with van der Waals surface area (Å²) in [6.07, 6.45) is -4.04. The van der Waals surface area contributed by atoms with Crippen LogP contribution in [0.25, 0.3) is 0 Å². The molecule has 10 heteroatoms. The molecule has 0 amide bonds. The van der Waals surface area contributed by atoms with Crippen LogP contribution in [0.1, 0.15) is 43.7 Å². The van der Waals surface area contributed by atoms with Crippen LogP contribution in [0.4, 0.5) is 18.9 Å². The number of carbonyl (C=O) groups excluding carboxylic acids is 1. The summed E-state index contributed by atoms with van der Waals surface area (Å²) in [6, 6.07) is 10.1. The van der Waals surface area contributed by atoms with Crippen molar-refractivity contribution in [3.05, 3.63) is 70.2 Å². The number of ketones is 1. The molecule has 38 heavy (non-hydrogen) atoms. The molecule has 1 atom stereocenters. The van der Waals surface area contributed by atoms with Crippen molar-refractivity contribution in [3.63, 3.8) is 0 Å². The van der Waals surface area contributed by atoms with E-state index in [0.29, 0.717) is 40.5 Å². The van der Waals surface area contributed by atoms with Crippen LogP contribution in [0.2, 0.25) is 0 Å². The van der Waals surface area contributed by atoms with E-state index in [-0.39, 0.29) is 29.3 Å². The van der Waals surface area contributed by atoms with E-state index in [9.17, 15) is 23.2 Å². The summed E-state index contributed by atoms with van der Waals surface area (Å²) in [7, 11) is 4.36. The number of allylic oxidation sites excluding steroid dienone is 3. The Hall–Kier alpha value is -4.13. The number of carbonyl (C=O) groups is 1. The van der Waals surface area contributed by atoms with Gasteiger partial charge in [-0.1, -0.05) is 19.9 Å². The number of ether oxygens (including phenoxy) is 3. The molecule has 1 aliphatic carbocycles. The zero-order valence-electron chi connectivity index (χ0n) is 21.7. The van der Waals surface area contributed by atoms with Crippen molar-refractivity contribution in [2.75, 3.05) is 26.2 Å². The second-order valence-corrected chi connectivity index (χ2v) is 9.99. The number of nitrogens with two attached hydrogens (primary N) is 1. The van der Waals surface area contributed by atoms with Gasteiger partial charge in [-0.25, -0.2) is 0 Å². The molecule has 0 radical (unpaired) electrons. The predicted molar refractivity (Wildman–Crippen MR) is 135 cm³/mol. The topological polar surface area (TPSA) is 97.8 Å². The van der Waals surface area contributed by atoms with Crippen LogP contribution in [0.3, 0.4) is 0 Å². The van der Waals surface area contributed by atoms with E-state index in [2.05, 4.69) is 6.07 Å². The maximum Gasteiger partial charge on any atom is 0.416 e. The van der Waals surface area contributed by atoms with Gasteiger partial charge in [-0.2, -0.15) is 18.4 Å². The molecule has 0 spiro atoms. The van der Waals surface area contributed by atoms with Crippen LogP contribution in [-0.4, -0.2) is 27.1 Å². The zero-order chi connectivity index (χ0) is 28.0. The van der Waals surface area contributed by atoms with Crippen LogP contribution < -0.4 is 24.8 Å². The van der Waals surface area contributed by atoms with Gasteiger partial charge in [-0.05, 0) is 47.7 Å². The standard InChI is InChI=1S/C28H28F3N3O4/c1-27(2)12-19-24(20(35)13-27)23(15-9-21(36-3)25(38-5)22(10-15)37-4)18(14-32)26(33)34(19)17-8-6-7-16(11-17)28(29,30)31/h6-11,23H,12-13,33H2,1-5H3/t23-/m1/s1. The van der Waals surface area contributed by atoms with E-state index in [4.69, 9.17) is 19.9 Å². The third kappa shape index (κ3) is 4.53. The van der Waals surface area contributed by atoms with Crippen LogP contribution in [0, 0.1) is 16.7 Å². The molecule has 200 valence electrons. The largest absolute Gasteiger partial charge is 0.493 e. The maximum atomic E-state index is 13.7. The number of nitrogens with zero attached hydrogens (tertiary/aromatic N) is 2. The average Bonchev–Trinajstić information content (AvgIpc) is 2.85. The van der Waals surface area contributed by atoms with E-state index in [1.54, 1.807) is 12.1 Å². The van der Waals surface area contributed by atoms with Crippen LogP contribution in [0.15, 0.2) is 59.1 Å². The number of alkyl halides is 3. The van der Waals surface area contributed by atoms with Crippen molar-refractivity contribution in [2.24, 2.45) is 11.1 Å². The molecule has 2 N–H and O–H groups in total. The number of Topliss-reactive ketones (excluding diaryl/α,β-unsaturated/α-hetero) is 1. The number of hydrogen-bond acceptors (Lipinski definition) is 7. The summed E-state index contributed by atoms with van der Waals surface area (Å²) in [5, 5.41) is 10.3. The molecule has 2 aromatic carbocycles. The van der Waals surface area contributed by atoms with Gasteiger partial charge in [0.15, 0.2) is 17.3 Å². The zero-order valence-corrected chi connectivity index (χ0v) is 21.7. The monoisotopic (exact) mass is 527 g/mol. The van der Waals surface area contributed by atoms with Crippen LogP contribution in [-0.2, 0) is 11.0 Å². The molecule has 0 aromatic heterocycles. The summed E-state index contributed by atoms with van der Waals surface area (Å²) < 4.78 is 57.1. The Labute approximate surface area is 218 Å². The second kappa shape index (κ2) is 9.63. The Bertz CT molecular complexity index is 1380. The highest BCUT2D eigenvalue weighted by Gasteiger charge is 2.45. The second-order valence-electron chi connectivity index (χ2n) is 9.99. The minimum Gasteiger partial charge on any atom is -0.493 e. The maximum absolute atomic E-state index is 13.7. The first-order valence-corrected chi connectivity index (χ1v) is 11.8. The molecule has 0 bridgehead atoms. The summed E-state index contributed by atoms with van der Waals surface area (Å²) in [5.74, 6) is -0.162. The smallest absolute Gasteiger partial charge is 0.416 e. The summed E-state index contributed by atoms with van der Waals surface area (Å²) in [4.78, 5) is 15.1. The first-order valence-electron chi connectivity index (χ1n) is 11.8. The van der Waals surface area contributed by atoms with Crippen LogP contribution >= 0.6 is 0 Å². The quantitative estimate of drug-likeness (QED) is 0.535. The minimum absolute atomic E-state index is 0.0310. The molecule has 1 heterocycles. The van der Waals surface area contributed by atoms with Gasteiger partial charge in [0.1, 0.15) is 5.82 Å². The Morgan fingerprint density at radius 1 is 1.05 bits per heavy atom. The molecule has 0 unspecified atom stereocenters. The van der Waals surface area contributed by atoms with E-state index in [0.717, 1.165) is 12.1 Å². The summed E-state index contributed by atoms with van der Waals surface area (Å²) >= 11 is 0. The fourth-order valence-electron chi connectivity index (χ4n) is 5.23. The highest BCUT2D eigenvalue weighted by atomic mass is 19.4. The van der Waals surface area contributed by atoms with Crippen molar-refractivity contribution in [1.29, 1.82) is 5.26 Å². The Kier molecular flexibility index (Phi) is 6.82. The number of methoxy groups -OCH3 is 3. The van der Waals surface area contributed by atoms with Gasteiger partial charge in [0.05, 0.1) is 44.5 Å². The number of hydrogen-bond donors (Lipinski definition) is 1. The van der Waals surface area contributed by atoms with Gasteiger partial charge >= 0.3 is 6.18 Å². The van der Waals surface area contributed by atoms with Gasteiger partial charge in [0, 0.05) is 23.4 Å². The van der Waals surface area contributed by atoms with Crippen molar-refractivity contribution in [1.82, 2.24) is 0 Å². The van der Waals surface area contributed by atoms with Crippen LogP contribution in [0.5, 0.6) is 17.2 Å². The fourth-order valence-corrected chi connectivity index (χ4v) is 5.23. The van der Waals surface area contributed by atoms with Gasteiger partial charge in [-0.15, -0.1) is 0 Å². The Morgan fingerprint density at radius 3 is 2.21 bits per heavy atom. The predicted octanol–water partition coefficient (Wildman–Crippen LogP) is 5.67. The molecule has 2 aromatic rings. The molecule has 2 aliphatic rings. The lowest BCUT2D eigenvalue weighted by Crippen LogP contribution is -2.42. The first-order chi connectivity index (χ1) is 17.9.